The van der Waals surface area contributed by atoms with Gasteiger partial charge in [0.25, 0.3) is 0 Å². The molecule has 0 unspecified atom stereocenters. The second-order valence-electron chi connectivity index (χ2n) is 5.95. The fourth-order valence-corrected chi connectivity index (χ4v) is 3.07. The summed E-state index contributed by atoms with van der Waals surface area (Å²) >= 11 is 18.2. The van der Waals surface area contributed by atoms with E-state index in [1.54, 1.807) is 7.11 Å². The molecule has 1 fully saturated rings. The van der Waals surface area contributed by atoms with Crippen molar-refractivity contribution in [2.45, 2.75) is 16.6 Å². The van der Waals surface area contributed by atoms with Gasteiger partial charge in [-0.25, -0.2) is 4.98 Å². The van der Waals surface area contributed by atoms with Crippen LogP contribution in [0.15, 0.2) is 24.3 Å². The first-order valence-electron chi connectivity index (χ1n) is 8.37. The van der Waals surface area contributed by atoms with Gasteiger partial charge in [-0.2, -0.15) is 9.97 Å². The van der Waals surface area contributed by atoms with Gasteiger partial charge in [-0.05, 0) is 19.0 Å². The Kier molecular flexibility index (Phi) is 6.40. The number of aromatic nitrogens is 3. The Morgan fingerprint density at radius 3 is 2.69 bits per heavy atom. The second-order valence-corrected chi connectivity index (χ2v) is 8.23. The fourth-order valence-electron chi connectivity index (χ4n) is 2.82. The zero-order valence-electron chi connectivity index (χ0n) is 14.4. The number of nitrogens with zero attached hydrogens (tertiary/aromatic N) is 4. The highest BCUT2D eigenvalue weighted by molar-refractivity contribution is 6.66. The molecule has 0 saturated carbocycles. The van der Waals surface area contributed by atoms with Crippen LogP contribution in [0.3, 0.4) is 0 Å². The molecule has 0 aliphatic carbocycles. The number of hydrogen-bond acceptors (Lipinski definition) is 6. The highest BCUT2D eigenvalue weighted by atomic mass is 35.6. The van der Waals surface area contributed by atoms with Gasteiger partial charge in [-0.15, -0.1) is 0 Å². The lowest BCUT2D eigenvalue weighted by molar-refractivity contribution is 0.410. The van der Waals surface area contributed by atoms with Crippen LogP contribution in [0.4, 0.5) is 5.95 Å². The third kappa shape index (κ3) is 4.88. The van der Waals surface area contributed by atoms with Gasteiger partial charge in [0, 0.05) is 31.6 Å². The first-order valence-corrected chi connectivity index (χ1v) is 9.50. The fraction of sp³-hybridized carbons (Fsp3) is 0.471. The van der Waals surface area contributed by atoms with Crippen molar-refractivity contribution in [3.05, 3.63) is 41.5 Å². The minimum Gasteiger partial charge on any atom is -0.496 e. The van der Waals surface area contributed by atoms with Gasteiger partial charge >= 0.3 is 0 Å². The molecular formula is C17H20Cl3N5O. The van der Waals surface area contributed by atoms with Gasteiger partial charge in [0.2, 0.25) is 9.74 Å². The monoisotopic (exact) mass is 415 g/mol. The predicted octanol–water partition coefficient (Wildman–Crippen LogP) is 3.10. The molecule has 0 spiro atoms. The molecule has 2 aromatic rings. The molecule has 26 heavy (non-hydrogen) atoms. The number of benzene rings is 1. The van der Waals surface area contributed by atoms with Crippen LogP contribution in [0.2, 0.25) is 0 Å². The summed E-state index contributed by atoms with van der Waals surface area (Å²) in [5.41, 5.74) is 0.958. The number of anilines is 1. The van der Waals surface area contributed by atoms with Gasteiger partial charge < -0.3 is 15.0 Å². The number of hydrogen-bond donors (Lipinski definition) is 1. The predicted molar refractivity (Wildman–Crippen MR) is 105 cm³/mol. The number of methoxy groups -OCH3 is 1. The van der Waals surface area contributed by atoms with Crippen LogP contribution in [0, 0.1) is 0 Å². The Labute approximate surface area is 167 Å². The van der Waals surface area contributed by atoms with E-state index in [0.717, 1.165) is 43.9 Å². The van der Waals surface area contributed by atoms with Crippen molar-refractivity contribution in [2.75, 3.05) is 38.2 Å². The smallest absolute Gasteiger partial charge is 0.250 e. The zero-order valence-corrected chi connectivity index (χ0v) is 16.7. The summed E-state index contributed by atoms with van der Waals surface area (Å²) in [6.45, 7) is 3.45. The van der Waals surface area contributed by atoms with Crippen molar-refractivity contribution in [2.24, 2.45) is 0 Å². The van der Waals surface area contributed by atoms with Crippen LogP contribution in [-0.4, -0.2) is 48.2 Å². The first kappa shape index (κ1) is 19.4. The molecule has 0 amide bonds. The molecule has 1 saturated heterocycles. The Bertz CT molecular complexity index is 745. The quantitative estimate of drug-likeness (QED) is 0.773. The molecule has 0 radical (unpaired) electrons. The molecule has 3 rings (SSSR count). The molecule has 0 bridgehead atoms. The lowest BCUT2D eigenvalue weighted by Crippen LogP contribution is -2.30. The standard InChI is InChI=1S/C17H20Cl3N5O/c1-26-13-6-3-2-5-12(13)11-14-22-15(17(18,19)20)24-16(23-14)25-9-4-7-21-8-10-25/h2-3,5-6,21H,4,7-11H2,1H3. The molecule has 6 nitrogen and oxygen atoms in total. The molecule has 9 heteroatoms. The Balaban J connectivity index is 1.97. The van der Waals surface area contributed by atoms with Crippen molar-refractivity contribution in [1.29, 1.82) is 0 Å². The molecule has 1 aliphatic heterocycles. The van der Waals surface area contributed by atoms with Crippen LogP contribution in [0.25, 0.3) is 0 Å². The van der Waals surface area contributed by atoms with E-state index >= 15 is 0 Å². The van der Waals surface area contributed by atoms with Crippen LogP contribution < -0.4 is 15.0 Å². The third-order valence-corrected chi connectivity index (χ3v) is 4.59. The molecule has 140 valence electrons. The van der Waals surface area contributed by atoms with E-state index in [9.17, 15) is 0 Å². The third-order valence-electron chi connectivity index (χ3n) is 4.09. The van der Waals surface area contributed by atoms with E-state index in [2.05, 4.69) is 25.2 Å². The Morgan fingerprint density at radius 1 is 1.12 bits per heavy atom. The van der Waals surface area contributed by atoms with Gasteiger partial charge in [0.05, 0.1) is 7.11 Å². The summed E-state index contributed by atoms with van der Waals surface area (Å²) in [7, 11) is 1.63. The topological polar surface area (TPSA) is 63.2 Å². The maximum atomic E-state index is 6.06. The molecule has 1 aromatic heterocycles. The number of para-hydroxylation sites is 1. The first-order chi connectivity index (χ1) is 12.5. The van der Waals surface area contributed by atoms with E-state index in [1.165, 1.54) is 0 Å². The normalized spacial score (nSPS) is 15.6. The highest BCUT2D eigenvalue weighted by Gasteiger charge is 2.29. The van der Waals surface area contributed by atoms with E-state index in [-0.39, 0.29) is 5.82 Å². The van der Waals surface area contributed by atoms with Crippen molar-refractivity contribution < 1.29 is 4.74 Å². The second kappa shape index (κ2) is 8.57. The summed E-state index contributed by atoms with van der Waals surface area (Å²) in [4.78, 5) is 15.5. The maximum absolute atomic E-state index is 6.06. The number of nitrogens with one attached hydrogen (secondary N) is 1. The van der Waals surface area contributed by atoms with E-state index in [1.807, 2.05) is 24.3 Å². The molecule has 2 heterocycles. The van der Waals surface area contributed by atoms with Crippen molar-refractivity contribution in [3.8, 4) is 5.75 Å². The minimum atomic E-state index is -1.71. The van der Waals surface area contributed by atoms with Gasteiger partial charge in [0.1, 0.15) is 11.6 Å². The average Bonchev–Trinajstić information content (AvgIpc) is 2.90. The summed E-state index contributed by atoms with van der Waals surface area (Å²) in [5.74, 6) is 1.98. The van der Waals surface area contributed by atoms with Gasteiger partial charge in [0.15, 0.2) is 5.82 Å². The van der Waals surface area contributed by atoms with Crippen molar-refractivity contribution in [1.82, 2.24) is 20.3 Å². The number of alkyl halides is 3. The van der Waals surface area contributed by atoms with Crippen LogP contribution in [0.1, 0.15) is 23.6 Å². The van der Waals surface area contributed by atoms with Crippen LogP contribution in [0.5, 0.6) is 5.75 Å². The molecule has 1 aromatic carbocycles. The molecule has 1 aliphatic rings. The van der Waals surface area contributed by atoms with E-state index < -0.39 is 3.79 Å². The Morgan fingerprint density at radius 2 is 1.92 bits per heavy atom. The van der Waals surface area contributed by atoms with Crippen molar-refractivity contribution >= 4 is 40.8 Å². The summed E-state index contributed by atoms with van der Waals surface area (Å²) in [5, 5.41) is 3.35. The SMILES string of the molecule is COc1ccccc1Cc1nc(N2CCCNCC2)nc(C(Cl)(Cl)Cl)n1. The van der Waals surface area contributed by atoms with Gasteiger partial charge in [-0.1, -0.05) is 53.0 Å². The number of ether oxygens (including phenoxy) is 1. The number of rotatable bonds is 4. The van der Waals surface area contributed by atoms with Crippen LogP contribution in [-0.2, 0) is 10.2 Å². The largest absolute Gasteiger partial charge is 0.496 e. The summed E-state index contributed by atoms with van der Waals surface area (Å²) in [6, 6.07) is 7.72. The maximum Gasteiger partial charge on any atom is 0.250 e. The zero-order chi connectivity index (χ0) is 18.6. The average molecular weight is 417 g/mol. The minimum absolute atomic E-state index is 0.134. The van der Waals surface area contributed by atoms with E-state index in [4.69, 9.17) is 39.5 Å². The lowest BCUT2D eigenvalue weighted by Gasteiger charge is -2.22. The highest BCUT2D eigenvalue weighted by Crippen LogP contribution is 2.36. The molecule has 0 atom stereocenters. The summed E-state index contributed by atoms with van der Waals surface area (Å²) < 4.78 is 3.70. The Hall–Kier alpha value is -1.34. The van der Waals surface area contributed by atoms with Gasteiger partial charge in [-0.3, -0.25) is 0 Å². The number of halogens is 3. The molecule has 1 N–H and O–H groups in total. The molecular weight excluding hydrogens is 397 g/mol. The van der Waals surface area contributed by atoms with Crippen LogP contribution >= 0.6 is 34.8 Å². The lowest BCUT2D eigenvalue weighted by atomic mass is 10.1. The van der Waals surface area contributed by atoms with E-state index in [0.29, 0.717) is 18.2 Å². The van der Waals surface area contributed by atoms with Crippen molar-refractivity contribution in [3.63, 3.8) is 0 Å². The summed E-state index contributed by atoms with van der Waals surface area (Å²) in [6.07, 6.45) is 1.45.